The van der Waals surface area contributed by atoms with E-state index in [2.05, 4.69) is 27.0 Å². The summed E-state index contributed by atoms with van der Waals surface area (Å²) in [5.41, 5.74) is 1.06. The molecule has 0 spiro atoms. The first-order chi connectivity index (χ1) is 8.25. The van der Waals surface area contributed by atoms with Gasteiger partial charge in [0.1, 0.15) is 5.82 Å². The Morgan fingerprint density at radius 3 is 2.82 bits per heavy atom. The summed E-state index contributed by atoms with van der Waals surface area (Å²) in [4.78, 5) is 0. The largest absolute Gasteiger partial charge is 0.308 e. The molecule has 3 rings (SSSR count). The van der Waals surface area contributed by atoms with Crippen LogP contribution in [0.1, 0.15) is 18.8 Å². The third-order valence-electron chi connectivity index (χ3n) is 3.06. The molecule has 0 saturated carbocycles. The van der Waals surface area contributed by atoms with Crippen LogP contribution in [0.3, 0.4) is 0 Å². The van der Waals surface area contributed by atoms with Crippen molar-refractivity contribution in [3.8, 4) is 11.4 Å². The van der Waals surface area contributed by atoms with Gasteiger partial charge in [0.05, 0.1) is 6.04 Å². The van der Waals surface area contributed by atoms with Gasteiger partial charge in [-0.05, 0) is 31.2 Å². The van der Waals surface area contributed by atoms with E-state index in [4.69, 9.17) is 11.6 Å². The van der Waals surface area contributed by atoms with Gasteiger partial charge in [0.2, 0.25) is 0 Å². The lowest BCUT2D eigenvalue weighted by molar-refractivity contribution is 0.439. The fraction of sp³-hybridized carbons (Fsp3) is 0.333. The monoisotopic (exact) mass is 248 g/mol. The Kier molecular flexibility index (Phi) is 2.61. The minimum Gasteiger partial charge on any atom is -0.308 e. The zero-order chi connectivity index (χ0) is 11.8. The third-order valence-corrected chi connectivity index (χ3v) is 3.31. The zero-order valence-corrected chi connectivity index (χ0v) is 10.3. The topological polar surface area (TPSA) is 42.7 Å². The third kappa shape index (κ3) is 1.83. The van der Waals surface area contributed by atoms with E-state index in [-0.39, 0.29) is 6.04 Å². The van der Waals surface area contributed by atoms with E-state index < -0.39 is 0 Å². The van der Waals surface area contributed by atoms with E-state index in [1.165, 1.54) is 0 Å². The van der Waals surface area contributed by atoms with Crippen molar-refractivity contribution in [2.45, 2.75) is 19.5 Å². The van der Waals surface area contributed by atoms with Crippen LogP contribution in [-0.2, 0) is 6.54 Å². The summed E-state index contributed by atoms with van der Waals surface area (Å²) in [6.07, 6.45) is 0. The molecule has 2 aromatic rings. The molecule has 0 bridgehead atoms. The molecule has 1 aliphatic rings. The Labute approximate surface area is 105 Å². The number of benzene rings is 1. The highest BCUT2D eigenvalue weighted by Crippen LogP contribution is 2.24. The zero-order valence-electron chi connectivity index (χ0n) is 9.52. The van der Waals surface area contributed by atoms with Gasteiger partial charge in [-0.2, -0.15) is 0 Å². The number of aromatic nitrogens is 3. The van der Waals surface area contributed by atoms with Gasteiger partial charge in [-0.25, -0.2) is 0 Å². The predicted octanol–water partition coefficient (Wildman–Crippen LogP) is 2.26. The molecule has 1 N–H and O–H groups in total. The maximum Gasteiger partial charge on any atom is 0.164 e. The standard InChI is InChI=1S/C12H13ClN4/c1-8-11-15-16-12(17(11)7-6-14-8)9-2-4-10(13)5-3-9/h2-5,8,14H,6-7H2,1H3. The molecule has 0 fully saturated rings. The predicted molar refractivity (Wildman–Crippen MR) is 66.9 cm³/mol. The van der Waals surface area contributed by atoms with Gasteiger partial charge in [0, 0.05) is 23.7 Å². The van der Waals surface area contributed by atoms with E-state index in [9.17, 15) is 0 Å². The molecule has 88 valence electrons. The van der Waals surface area contributed by atoms with Crippen LogP contribution in [-0.4, -0.2) is 21.3 Å². The fourth-order valence-corrected chi connectivity index (χ4v) is 2.28. The summed E-state index contributed by atoms with van der Waals surface area (Å²) in [6.45, 7) is 3.96. The fourth-order valence-electron chi connectivity index (χ4n) is 2.15. The second-order valence-corrected chi connectivity index (χ2v) is 4.65. The molecule has 1 aromatic carbocycles. The summed E-state index contributed by atoms with van der Waals surface area (Å²) < 4.78 is 2.17. The number of nitrogens with zero attached hydrogens (tertiary/aromatic N) is 3. The van der Waals surface area contributed by atoms with Crippen molar-refractivity contribution in [2.24, 2.45) is 0 Å². The van der Waals surface area contributed by atoms with Crippen LogP contribution < -0.4 is 5.32 Å². The summed E-state index contributed by atoms with van der Waals surface area (Å²) in [6, 6.07) is 7.97. The number of fused-ring (bicyclic) bond motifs is 1. The molecule has 1 aromatic heterocycles. The molecule has 5 heteroatoms. The molecule has 4 nitrogen and oxygen atoms in total. The lowest BCUT2D eigenvalue weighted by Gasteiger charge is -2.21. The molecule has 1 aliphatic heterocycles. The maximum absolute atomic E-state index is 5.89. The van der Waals surface area contributed by atoms with Crippen LogP contribution in [0.15, 0.2) is 24.3 Å². The van der Waals surface area contributed by atoms with Crippen molar-refractivity contribution in [1.29, 1.82) is 0 Å². The second kappa shape index (κ2) is 4.13. The Balaban J connectivity index is 2.07. The first-order valence-corrected chi connectivity index (χ1v) is 6.06. The normalized spacial score (nSPS) is 19.1. The summed E-state index contributed by atoms with van der Waals surface area (Å²) in [5.74, 6) is 1.92. The van der Waals surface area contributed by atoms with Crippen LogP contribution in [0.25, 0.3) is 11.4 Å². The number of halogens is 1. The molecule has 0 saturated heterocycles. The number of hydrogen-bond acceptors (Lipinski definition) is 3. The van der Waals surface area contributed by atoms with Crippen LogP contribution in [0.4, 0.5) is 0 Å². The Morgan fingerprint density at radius 2 is 2.06 bits per heavy atom. The minimum absolute atomic E-state index is 0.261. The van der Waals surface area contributed by atoms with Crippen LogP contribution in [0, 0.1) is 0 Å². The quantitative estimate of drug-likeness (QED) is 0.842. The molecular weight excluding hydrogens is 236 g/mol. The summed E-state index contributed by atoms with van der Waals surface area (Å²) in [7, 11) is 0. The van der Waals surface area contributed by atoms with Crippen LogP contribution in [0.2, 0.25) is 5.02 Å². The van der Waals surface area contributed by atoms with Crippen LogP contribution >= 0.6 is 11.6 Å². The van der Waals surface area contributed by atoms with Crippen molar-refractivity contribution >= 4 is 11.6 Å². The van der Waals surface area contributed by atoms with E-state index in [0.717, 1.165) is 35.3 Å². The molecule has 1 atom stereocenters. The van der Waals surface area contributed by atoms with Crippen molar-refractivity contribution in [3.63, 3.8) is 0 Å². The van der Waals surface area contributed by atoms with Gasteiger partial charge in [0.25, 0.3) is 0 Å². The molecular formula is C12H13ClN4. The highest BCUT2D eigenvalue weighted by atomic mass is 35.5. The lowest BCUT2D eigenvalue weighted by atomic mass is 10.2. The SMILES string of the molecule is CC1NCCn2c(-c3ccc(Cl)cc3)nnc21. The average molecular weight is 249 g/mol. The van der Waals surface area contributed by atoms with Crippen LogP contribution in [0.5, 0.6) is 0 Å². The summed E-state index contributed by atoms with van der Waals surface area (Å²) in [5, 5.41) is 12.6. The first kappa shape index (κ1) is 10.7. The van der Waals surface area contributed by atoms with Crippen molar-refractivity contribution < 1.29 is 0 Å². The van der Waals surface area contributed by atoms with E-state index in [0.29, 0.717) is 0 Å². The van der Waals surface area contributed by atoms with Gasteiger partial charge in [-0.15, -0.1) is 10.2 Å². The minimum atomic E-state index is 0.261. The molecule has 1 unspecified atom stereocenters. The molecule has 17 heavy (non-hydrogen) atoms. The molecule has 0 amide bonds. The smallest absolute Gasteiger partial charge is 0.164 e. The van der Waals surface area contributed by atoms with Gasteiger partial charge >= 0.3 is 0 Å². The van der Waals surface area contributed by atoms with Gasteiger partial charge in [-0.1, -0.05) is 11.6 Å². The van der Waals surface area contributed by atoms with Crippen molar-refractivity contribution in [3.05, 3.63) is 35.1 Å². The number of rotatable bonds is 1. The number of hydrogen-bond donors (Lipinski definition) is 1. The van der Waals surface area contributed by atoms with Gasteiger partial charge in [-0.3, -0.25) is 0 Å². The average Bonchev–Trinajstić information content (AvgIpc) is 2.75. The Hall–Kier alpha value is -1.39. The van der Waals surface area contributed by atoms with Gasteiger partial charge < -0.3 is 9.88 Å². The van der Waals surface area contributed by atoms with E-state index in [1.54, 1.807) is 0 Å². The lowest BCUT2D eigenvalue weighted by Crippen LogP contribution is -2.32. The highest BCUT2D eigenvalue weighted by molar-refractivity contribution is 6.30. The number of nitrogens with one attached hydrogen (secondary N) is 1. The molecule has 2 heterocycles. The maximum atomic E-state index is 5.89. The summed E-state index contributed by atoms with van der Waals surface area (Å²) >= 11 is 5.89. The second-order valence-electron chi connectivity index (χ2n) is 4.22. The highest BCUT2D eigenvalue weighted by Gasteiger charge is 2.21. The molecule has 0 radical (unpaired) electrons. The Bertz CT molecular complexity index is 532. The van der Waals surface area contributed by atoms with Crippen molar-refractivity contribution in [2.75, 3.05) is 6.54 Å². The van der Waals surface area contributed by atoms with E-state index >= 15 is 0 Å². The van der Waals surface area contributed by atoms with Crippen molar-refractivity contribution in [1.82, 2.24) is 20.1 Å². The van der Waals surface area contributed by atoms with Gasteiger partial charge in [0.15, 0.2) is 5.82 Å². The molecule has 0 aliphatic carbocycles. The first-order valence-electron chi connectivity index (χ1n) is 5.68. The Morgan fingerprint density at radius 1 is 1.29 bits per heavy atom. The van der Waals surface area contributed by atoms with E-state index in [1.807, 2.05) is 24.3 Å².